The molecule has 0 N–H and O–H groups in total. The number of nitrogens with zero attached hydrogens (tertiary/aromatic N) is 5. The number of hydrogen-bond acceptors (Lipinski definition) is 6. The molecule has 0 bridgehead atoms. The molecule has 7 heteroatoms. The SMILES string of the molecule is COc1cc(C)nc(N2CCC3(CCN(CC4=CCc5ncccc54)C3=O)CC2)n1. The summed E-state index contributed by atoms with van der Waals surface area (Å²) in [4.78, 5) is 31.2. The van der Waals surface area contributed by atoms with E-state index in [0.717, 1.165) is 56.7 Å². The number of amides is 1. The molecule has 1 spiro atoms. The third-order valence-electron chi connectivity index (χ3n) is 6.77. The van der Waals surface area contributed by atoms with Crippen molar-refractivity contribution in [2.24, 2.45) is 5.41 Å². The first-order valence-corrected chi connectivity index (χ1v) is 10.7. The number of methoxy groups -OCH3 is 1. The number of carbonyl (C=O) groups excluding carboxylic acids is 1. The summed E-state index contributed by atoms with van der Waals surface area (Å²) in [5.74, 6) is 1.59. The van der Waals surface area contributed by atoms with Gasteiger partial charge in [-0.15, -0.1) is 0 Å². The van der Waals surface area contributed by atoms with Crippen LogP contribution in [0.1, 0.15) is 36.2 Å². The molecule has 3 aliphatic rings. The van der Waals surface area contributed by atoms with E-state index in [-0.39, 0.29) is 5.41 Å². The van der Waals surface area contributed by atoms with Gasteiger partial charge in [0.2, 0.25) is 17.7 Å². The standard InChI is InChI=1S/C23H27N5O2/c1-16-14-20(30-2)26-22(25-16)27-11-7-23(8-12-27)9-13-28(21(23)29)15-17-5-6-19-18(17)4-3-10-24-19/h3-5,10,14H,6-9,11-13,15H2,1-2H3. The van der Waals surface area contributed by atoms with Crippen LogP contribution in [0.4, 0.5) is 5.95 Å². The van der Waals surface area contributed by atoms with E-state index in [1.165, 1.54) is 11.1 Å². The number of carbonyl (C=O) groups is 1. The fraction of sp³-hybridized carbons (Fsp3) is 0.478. The Kier molecular flexibility index (Phi) is 4.68. The van der Waals surface area contributed by atoms with Crippen molar-refractivity contribution in [3.63, 3.8) is 0 Å². The summed E-state index contributed by atoms with van der Waals surface area (Å²) >= 11 is 0. The second-order valence-corrected chi connectivity index (χ2v) is 8.53. The lowest BCUT2D eigenvalue weighted by atomic mass is 9.77. The van der Waals surface area contributed by atoms with Gasteiger partial charge in [-0.05, 0) is 37.8 Å². The van der Waals surface area contributed by atoms with Crippen LogP contribution in [0.2, 0.25) is 0 Å². The molecule has 0 atom stereocenters. The van der Waals surface area contributed by atoms with Gasteiger partial charge in [-0.2, -0.15) is 4.98 Å². The quantitative estimate of drug-likeness (QED) is 0.779. The maximum atomic E-state index is 13.4. The second-order valence-electron chi connectivity index (χ2n) is 8.53. The first kappa shape index (κ1) is 19.0. The molecule has 0 radical (unpaired) electrons. The number of aromatic nitrogens is 3. The lowest BCUT2D eigenvalue weighted by Crippen LogP contribution is -2.45. The van der Waals surface area contributed by atoms with Crippen LogP contribution in [0.3, 0.4) is 0 Å². The third-order valence-corrected chi connectivity index (χ3v) is 6.77. The molecular formula is C23H27N5O2. The highest BCUT2D eigenvalue weighted by molar-refractivity contribution is 5.87. The predicted molar refractivity (Wildman–Crippen MR) is 114 cm³/mol. The minimum atomic E-state index is -0.235. The lowest BCUT2D eigenvalue weighted by Gasteiger charge is -2.38. The minimum Gasteiger partial charge on any atom is -0.481 e. The van der Waals surface area contributed by atoms with E-state index in [0.29, 0.717) is 24.3 Å². The zero-order valence-electron chi connectivity index (χ0n) is 17.6. The highest BCUT2D eigenvalue weighted by Gasteiger charge is 2.48. The molecule has 0 unspecified atom stereocenters. The lowest BCUT2D eigenvalue weighted by molar-refractivity contribution is -0.136. The molecule has 4 heterocycles. The summed E-state index contributed by atoms with van der Waals surface area (Å²) in [6, 6.07) is 5.92. The number of piperidine rings is 1. The van der Waals surface area contributed by atoms with Gasteiger partial charge in [-0.3, -0.25) is 9.78 Å². The number of fused-ring (bicyclic) bond motifs is 1. The van der Waals surface area contributed by atoms with Gasteiger partial charge < -0.3 is 14.5 Å². The van der Waals surface area contributed by atoms with Gasteiger partial charge in [0.1, 0.15) is 0 Å². The highest BCUT2D eigenvalue weighted by Crippen LogP contribution is 2.43. The molecule has 30 heavy (non-hydrogen) atoms. The number of rotatable bonds is 4. The summed E-state index contributed by atoms with van der Waals surface area (Å²) < 4.78 is 5.29. The van der Waals surface area contributed by atoms with Crippen LogP contribution in [-0.4, -0.2) is 59.0 Å². The van der Waals surface area contributed by atoms with Crippen molar-refractivity contribution >= 4 is 17.4 Å². The van der Waals surface area contributed by atoms with Gasteiger partial charge in [0.15, 0.2) is 0 Å². The van der Waals surface area contributed by atoms with Crippen LogP contribution in [0.5, 0.6) is 5.88 Å². The molecular weight excluding hydrogens is 378 g/mol. The van der Waals surface area contributed by atoms with Crippen LogP contribution in [0.25, 0.3) is 5.57 Å². The molecule has 156 valence electrons. The number of ether oxygens (including phenoxy) is 1. The zero-order chi connectivity index (χ0) is 20.7. The fourth-order valence-electron chi connectivity index (χ4n) is 4.99. The topological polar surface area (TPSA) is 71.5 Å². The van der Waals surface area contributed by atoms with E-state index >= 15 is 0 Å². The van der Waals surface area contributed by atoms with E-state index in [1.807, 2.05) is 25.3 Å². The van der Waals surface area contributed by atoms with Crippen LogP contribution in [0, 0.1) is 12.3 Å². The van der Waals surface area contributed by atoms with Crippen molar-refractivity contribution in [1.29, 1.82) is 0 Å². The van der Waals surface area contributed by atoms with E-state index in [4.69, 9.17) is 4.74 Å². The first-order valence-electron chi connectivity index (χ1n) is 10.7. The highest BCUT2D eigenvalue weighted by atomic mass is 16.5. The average Bonchev–Trinajstić information content (AvgIpc) is 3.31. The summed E-state index contributed by atoms with van der Waals surface area (Å²) in [5.41, 5.74) is 4.21. The molecule has 0 aromatic carbocycles. The Bertz CT molecular complexity index is 1010. The molecule has 2 aromatic rings. The monoisotopic (exact) mass is 405 g/mol. The van der Waals surface area contributed by atoms with Crippen LogP contribution in [-0.2, 0) is 11.2 Å². The predicted octanol–water partition coefficient (Wildman–Crippen LogP) is 2.65. The van der Waals surface area contributed by atoms with Gasteiger partial charge in [0, 0.05) is 56.1 Å². The average molecular weight is 406 g/mol. The van der Waals surface area contributed by atoms with Crippen molar-refractivity contribution in [3.05, 3.63) is 47.4 Å². The summed E-state index contributed by atoms with van der Waals surface area (Å²) in [7, 11) is 1.62. The largest absolute Gasteiger partial charge is 0.481 e. The summed E-state index contributed by atoms with van der Waals surface area (Å²) in [6.45, 7) is 5.06. The van der Waals surface area contributed by atoms with Crippen molar-refractivity contribution in [2.75, 3.05) is 38.2 Å². The molecule has 2 aliphatic heterocycles. The second kappa shape index (κ2) is 7.38. The Morgan fingerprint density at radius 1 is 1.17 bits per heavy atom. The molecule has 1 aliphatic carbocycles. The third kappa shape index (κ3) is 3.22. The Labute approximate surface area is 176 Å². The molecule has 1 amide bonds. The molecule has 2 aromatic heterocycles. The van der Waals surface area contributed by atoms with Gasteiger partial charge in [0.25, 0.3) is 0 Å². The molecule has 5 rings (SSSR count). The van der Waals surface area contributed by atoms with E-state index in [1.54, 1.807) is 7.11 Å². The van der Waals surface area contributed by atoms with Crippen LogP contribution in [0.15, 0.2) is 30.5 Å². The Morgan fingerprint density at radius 3 is 2.77 bits per heavy atom. The van der Waals surface area contributed by atoms with Gasteiger partial charge in [-0.1, -0.05) is 12.1 Å². The maximum absolute atomic E-state index is 13.4. The summed E-state index contributed by atoms with van der Waals surface area (Å²) in [6.07, 6.45) is 7.56. The minimum absolute atomic E-state index is 0.235. The Morgan fingerprint density at radius 2 is 1.97 bits per heavy atom. The van der Waals surface area contributed by atoms with Crippen molar-refractivity contribution in [2.45, 2.75) is 32.6 Å². The summed E-state index contributed by atoms with van der Waals surface area (Å²) in [5, 5.41) is 0. The maximum Gasteiger partial charge on any atom is 0.229 e. The molecule has 7 nitrogen and oxygen atoms in total. The smallest absolute Gasteiger partial charge is 0.229 e. The Balaban J connectivity index is 1.26. The number of anilines is 1. The number of aryl methyl sites for hydroxylation is 1. The number of pyridine rings is 1. The number of hydrogen-bond donors (Lipinski definition) is 0. The van der Waals surface area contributed by atoms with Crippen LogP contribution < -0.4 is 9.64 Å². The van der Waals surface area contributed by atoms with E-state index in [9.17, 15) is 4.79 Å². The van der Waals surface area contributed by atoms with E-state index < -0.39 is 0 Å². The first-order chi connectivity index (χ1) is 14.6. The van der Waals surface area contributed by atoms with E-state index in [2.05, 4.69) is 36.9 Å². The normalized spacial score (nSPS) is 19.9. The molecule has 2 saturated heterocycles. The van der Waals surface area contributed by atoms with Gasteiger partial charge in [-0.25, -0.2) is 4.98 Å². The molecule has 0 saturated carbocycles. The number of likely N-dealkylation sites (tertiary alicyclic amines) is 1. The van der Waals surface area contributed by atoms with Crippen LogP contribution >= 0.6 is 0 Å². The fourth-order valence-corrected chi connectivity index (χ4v) is 4.99. The van der Waals surface area contributed by atoms with Gasteiger partial charge >= 0.3 is 0 Å². The number of allylic oxidation sites excluding steroid dienone is 1. The van der Waals surface area contributed by atoms with Gasteiger partial charge in [0.05, 0.1) is 18.2 Å². The zero-order valence-corrected chi connectivity index (χ0v) is 17.6. The van der Waals surface area contributed by atoms with Crippen molar-refractivity contribution in [3.8, 4) is 5.88 Å². The Hall–Kier alpha value is -2.96. The van der Waals surface area contributed by atoms with Crippen molar-refractivity contribution < 1.29 is 9.53 Å². The molecule has 2 fully saturated rings. The van der Waals surface area contributed by atoms with Crippen molar-refractivity contribution in [1.82, 2.24) is 19.9 Å².